The molecule has 156 valence electrons. The first kappa shape index (κ1) is 19.8. The summed E-state index contributed by atoms with van der Waals surface area (Å²) in [6, 6.07) is 9.68. The van der Waals surface area contributed by atoms with Crippen LogP contribution in [0.3, 0.4) is 0 Å². The van der Waals surface area contributed by atoms with Gasteiger partial charge in [0.15, 0.2) is 21.3 Å². The van der Waals surface area contributed by atoms with Gasteiger partial charge in [0, 0.05) is 6.42 Å². The maximum atomic E-state index is 12.9. The molecule has 1 aromatic heterocycles. The molecule has 0 atom stereocenters. The van der Waals surface area contributed by atoms with Gasteiger partial charge in [0.1, 0.15) is 5.82 Å². The normalized spacial score (nSPS) is 12.7. The van der Waals surface area contributed by atoms with Crippen molar-refractivity contribution in [2.24, 2.45) is 0 Å². The van der Waals surface area contributed by atoms with Crippen LogP contribution in [0.15, 0.2) is 51.8 Å². The largest absolute Gasteiger partial charge is 0.454 e. The highest BCUT2D eigenvalue weighted by Gasteiger charge is 2.19. The van der Waals surface area contributed by atoms with Crippen LogP contribution in [0, 0.1) is 5.82 Å². The van der Waals surface area contributed by atoms with E-state index in [9.17, 15) is 17.6 Å². The summed E-state index contributed by atoms with van der Waals surface area (Å²) < 4.78 is 53.3. The van der Waals surface area contributed by atoms with Crippen molar-refractivity contribution in [2.75, 3.05) is 17.9 Å². The second-order valence-corrected chi connectivity index (χ2v) is 8.55. The zero-order valence-electron chi connectivity index (χ0n) is 15.5. The lowest BCUT2D eigenvalue weighted by Gasteiger charge is -2.04. The number of amides is 1. The number of nitrogens with one attached hydrogen (secondary N) is 1. The fraction of sp³-hybridized carbons (Fsp3) is 0.211. The van der Waals surface area contributed by atoms with Gasteiger partial charge in [-0.15, -0.1) is 5.10 Å². The standard InChI is InChI=1S/C19H16FN3O6S/c20-13-2-4-14(5-3-13)30(25,26)8-7-17(24)21-19-23-22-18(29-19)10-12-1-6-15-16(9-12)28-11-27-15/h1-6,9H,7-8,10-11H2,(H,21,23,24). The van der Waals surface area contributed by atoms with Crippen LogP contribution < -0.4 is 14.8 Å². The second-order valence-electron chi connectivity index (χ2n) is 6.44. The number of carbonyl (C=O) groups is 1. The summed E-state index contributed by atoms with van der Waals surface area (Å²) in [4.78, 5) is 12.0. The van der Waals surface area contributed by atoms with Crippen molar-refractivity contribution in [3.8, 4) is 11.5 Å². The van der Waals surface area contributed by atoms with Crippen LogP contribution in [0.1, 0.15) is 17.9 Å². The highest BCUT2D eigenvalue weighted by Crippen LogP contribution is 2.33. The Morgan fingerprint density at radius 2 is 1.83 bits per heavy atom. The molecule has 0 fully saturated rings. The Bertz CT molecular complexity index is 1180. The van der Waals surface area contributed by atoms with Crippen molar-refractivity contribution in [3.63, 3.8) is 0 Å². The van der Waals surface area contributed by atoms with Gasteiger partial charge in [0.2, 0.25) is 18.6 Å². The van der Waals surface area contributed by atoms with E-state index in [-0.39, 0.29) is 30.0 Å². The fourth-order valence-electron chi connectivity index (χ4n) is 2.77. The summed E-state index contributed by atoms with van der Waals surface area (Å²) in [5.41, 5.74) is 0.853. The van der Waals surface area contributed by atoms with Gasteiger partial charge < -0.3 is 13.9 Å². The molecule has 1 N–H and O–H groups in total. The van der Waals surface area contributed by atoms with E-state index in [0.29, 0.717) is 17.9 Å². The van der Waals surface area contributed by atoms with Crippen LogP contribution in [-0.4, -0.2) is 37.1 Å². The molecule has 0 radical (unpaired) electrons. The number of rotatable bonds is 7. The molecule has 11 heteroatoms. The third-order valence-electron chi connectivity index (χ3n) is 4.28. The Morgan fingerprint density at radius 3 is 2.63 bits per heavy atom. The van der Waals surface area contributed by atoms with Gasteiger partial charge >= 0.3 is 6.01 Å². The Labute approximate surface area is 170 Å². The van der Waals surface area contributed by atoms with Crippen LogP contribution in [0.2, 0.25) is 0 Å². The average molecular weight is 433 g/mol. The number of fused-ring (bicyclic) bond motifs is 1. The van der Waals surface area contributed by atoms with Crippen molar-refractivity contribution in [2.45, 2.75) is 17.7 Å². The lowest BCUT2D eigenvalue weighted by atomic mass is 10.1. The third-order valence-corrected chi connectivity index (χ3v) is 6.01. The van der Waals surface area contributed by atoms with E-state index >= 15 is 0 Å². The molecule has 30 heavy (non-hydrogen) atoms. The number of carbonyl (C=O) groups excluding carboxylic acids is 1. The summed E-state index contributed by atoms with van der Waals surface area (Å²) in [5.74, 6) is -0.0275. The van der Waals surface area contributed by atoms with Crippen LogP contribution in [0.25, 0.3) is 0 Å². The molecule has 0 aliphatic carbocycles. The van der Waals surface area contributed by atoms with Crippen molar-refractivity contribution < 1.29 is 31.5 Å². The molecular formula is C19H16FN3O6S. The highest BCUT2D eigenvalue weighted by atomic mass is 32.2. The molecule has 3 aromatic rings. The molecule has 1 amide bonds. The minimum absolute atomic E-state index is 0.0551. The lowest BCUT2D eigenvalue weighted by molar-refractivity contribution is -0.116. The van der Waals surface area contributed by atoms with Crippen LogP contribution in [0.4, 0.5) is 10.4 Å². The summed E-state index contributed by atoms with van der Waals surface area (Å²) in [6.45, 7) is 0.173. The monoisotopic (exact) mass is 433 g/mol. The molecular weight excluding hydrogens is 417 g/mol. The second kappa shape index (κ2) is 8.11. The summed E-state index contributed by atoms with van der Waals surface area (Å²) in [5, 5.41) is 9.98. The molecule has 4 rings (SSSR count). The SMILES string of the molecule is O=C(CCS(=O)(=O)c1ccc(F)cc1)Nc1nnc(Cc2ccc3c(c2)OCO3)o1. The van der Waals surface area contributed by atoms with Crippen LogP contribution in [0.5, 0.6) is 11.5 Å². The molecule has 0 unspecified atom stereocenters. The number of hydrogen-bond acceptors (Lipinski definition) is 8. The number of aromatic nitrogens is 2. The fourth-order valence-corrected chi connectivity index (χ4v) is 4.01. The Kier molecular flexibility index (Phi) is 5.36. The van der Waals surface area contributed by atoms with E-state index < -0.39 is 27.3 Å². The summed E-state index contributed by atoms with van der Waals surface area (Å²) >= 11 is 0. The number of benzene rings is 2. The Hall–Kier alpha value is -3.47. The van der Waals surface area contributed by atoms with E-state index in [1.54, 1.807) is 12.1 Å². The zero-order chi connectivity index (χ0) is 21.1. The lowest BCUT2D eigenvalue weighted by Crippen LogP contribution is -2.17. The van der Waals surface area contributed by atoms with Gasteiger partial charge in [-0.3, -0.25) is 10.1 Å². The average Bonchev–Trinajstić information content (AvgIpc) is 3.36. The smallest absolute Gasteiger partial charge is 0.322 e. The zero-order valence-corrected chi connectivity index (χ0v) is 16.3. The molecule has 9 nitrogen and oxygen atoms in total. The van der Waals surface area contributed by atoms with Gasteiger partial charge in [-0.05, 0) is 42.0 Å². The minimum atomic E-state index is -3.72. The Balaban J connectivity index is 1.32. The first-order valence-electron chi connectivity index (χ1n) is 8.88. The van der Waals surface area contributed by atoms with Gasteiger partial charge in [-0.25, -0.2) is 12.8 Å². The van der Waals surface area contributed by atoms with Crippen molar-refractivity contribution in [1.82, 2.24) is 10.2 Å². The third kappa shape index (κ3) is 4.57. The molecule has 1 aliphatic heterocycles. The summed E-state index contributed by atoms with van der Waals surface area (Å²) in [7, 11) is -3.72. The number of hydrogen-bond donors (Lipinski definition) is 1. The summed E-state index contributed by atoms with van der Waals surface area (Å²) in [6.07, 6.45) is -0.00194. The molecule has 0 saturated carbocycles. The quantitative estimate of drug-likeness (QED) is 0.564. The minimum Gasteiger partial charge on any atom is -0.454 e. The molecule has 0 saturated heterocycles. The number of ether oxygens (including phenoxy) is 2. The number of nitrogens with zero attached hydrogens (tertiary/aromatic N) is 2. The van der Waals surface area contributed by atoms with E-state index in [1.165, 1.54) is 0 Å². The van der Waals surface area contributed by atoms with Crippen molar-refractivity contribution >= 4 is 21.8 Å². The number of anilines is 1. The van der Waals surface area contributed by atoms with E-state index in [1.807, 2.05) is 6.07 Å². The predicted octanol–water partition coefficient (Wildman–Crippen LogP) is 2.33. The molecule has 0 bridgehead atoms. The van der Waals surface area contributed by atoms with Gasteiger partial charge in [0.05, 0.1) is 17.1 Å². The highest BCUT2D eigenvalue weighted by molar-refractivity contribution is 7.91. The molecule has 1 aliphatic rings. The van der Waals surface area contributed by atoms with Crippen molar-refractivity contribution in [1.29, 1.82) is 0 Å². The van der Waals surface area contributed by atoms with Gasteiger partial charge in [0.25, 0.3) is 0 Å². The number of halogens is 1. The topological polar surface area (TPSA) is 121 Å². The first-order valence-corrected chi connectivity index (χ1v) is 10.5. The number of sulfone groups is 1. The predicted molar refractivity (Wildman–Crippen MR) is 101 cm³/mol. The molecule has 2 heterocycles. The maximum Gasteiger partial charge on any atom is 0.322 e. The van der Waals surface area contributed by atoms with E-state index in [0.717, 1.165) is 29.8 Å². The maximum absolute atomic E-state index is 12.9. The Morgan fingerprint density at radius 1 is 1.07 bits per heavy atom. The van der Waals surface area contributed by atoms with Crippen LogP contribution in [-0.2, 0) is 21.1 Å². The molecule has 0 spiro atoms. The van der Waals surface area contributed by atoms with E-state index in [4.69, 9.17) is 13.9 Å². The molecule has 2 aromatic carbocycles. The van der Waals surface area contributed by atoms with Crippen LogP contribution >= 0.6 is 0 Å². The van der Waals surface area contributed by atoms with Crippen molar-refractivity contribution in [3.05, 3.63) is 59.7 Å². The van der Waals surface area contributed by atoms with E-state index in [2.05, 4.69) is 15.5 Å². The van der Waals surface area contributed by atoms with Gasteiger partial charge in [-0.2, -0.15) is 0 Å². The van der Waals surface area contributed by atoms with Gasteiger partial charge in [-0.1, -0.05) is 11.2 Å². The first-order chi connectivity index (χ1) is 14.4.